The second-order valence-electron chi connectivity index (χ2n) is 3.58. The smallest absolute Gasteiger partial charge is 0.0926 e. The Kier molecular flexibility index (Phi) is 5.69. The Hall–Kier alpha value is -0.640. The van der Waals surface area contributed by atoms with Crippen LogP contribution in [0.3, 0.4) is 0 Å². The predicted molar refractivity (Wildman–Crippen MR) is 58.9 cm³/mol. The van der Waals surface area contributed by atoms with Crippen LogP contribution in [0, 0.1) is 0 Å². The molecule has 4 N–H and O–H groups in total. The van der Waals surface area contributed by atoms with Crippen molar-refractivity contribution in [3.05, 3.63) is 25.3 Å². The predicted octanol–water partition coefficient (Wildman–Crippen LogP) is 0.968. The molecule has 0 spiro atoms. The monoisotopic (exact) mass is 199 g/mol. The van der Waals surface area contributed by atoms with Gasteiger partial charge in [-0.1, -0.05) is 31.9 Å². The van der Waals surface area contributed by atoms with E-state index in [-0.39, 0.29) is 0 Å². The van der Waals surface area contributed by atoms with Crippen LogP contribution in [0.25, 0.3) is 0 Å². The van der Waals surface area contributed by atoms with E-state index in [0.29, 0.717) is 6.42 Å². The van der Waals surface area contributed by atoms with Gasteiger partial charge >= 0.3 is 0 Å². The first-order valence-electron chi connectivity index (χ1n) is 4.93. The van der Waals surface area contributed by atoms with E-state index in [0.717, 1.165) is 12.8 Å². The summed E-state index contributed by atoms with van der Waals surface area (Å²) >= 11 is 0. The van der Waals surface area contributed by atoms with Gasteiger partial charge in [-0.3, -0.25) is 0 Å². The summed E-state index contributed by atoms with van der Waals surface area (Å²) in [5.41, 5.74) is 4.89. The Morgan fingerprint density at radius 1 is 1.29 bits per heavy atom. The lowest BCUT2D eigenvalue weighted by atomic mass is 9.82. The van der Waals surface area contributed by atoms with Crippen LogP contribution in [0.15, 0.2) is 25.3 Å². The van der Waals surface area contributed by atoms with Gasteiger partial charge in [0.2, 0.25) is 0 Å². The fraction of sp³-hybridized carbons (Fsp3) is 0.636. The fourth-order valence-corrected chi connectivity index (χ4v) is 1.39. The van der Waals surface area contributed by atoms with Gasteiger partial charge in [0.25, 0.3) is 0 Å². The van der Waals surface area contributed by atoms with Crippen molar-refractivity contribution >= 4 is 0 Å². The molecule has 0 fully saturated rings. The quantitative estimate of drug-likeness (QED) is 0.535. The van der Waals surface area contributed by atoms with Crippen molar-refractivity contribution < 1.29 is 10.2 Å². The second kappa shape index (κ2) is 5.96. The first kappa shape index (κ1) is 13.4. The first-order chi connectivity index (χ1) is 6.52. The van der Waals surface area contributed by atoms with Crippen LogP contribution in [0.1, 0.15) is 26.2 Å². The number of nitrogens with two attached hydrogens (primary N) is 1. The Labute approximate surface area is 85.9 Å². The third-order valence-corrected chi connectivity index (χ3v) is 2.51. The molecule has 2 unspecified atom stereocenters. The maximum Gasteiger partial charge on any atom is 0.0926 e. The minimum Gasteiger partial charge on any atom is -0.387 e. The van der Waals surface area contributed by atoms with E-state index in [2.05, 4.69) is 13.2 Å². The number of unbranched alkanes of at least 4 members (excludes halogenated alkanes) is 1. The third-order valence-electron chi connectivity index (χ3n) is 2.51. The molecule has 0 bridgehead atoms. The average molecular weight is 199 g/mol. The maximum atomic E-state index is 9.65. The van der Waals surface area contributed by atoms with Gasteiger partial charge in [-0.15, -0.1) is 13.2 Å². The topological polar surface area (TPSA) is 66.5 Å². The fourth-order valence-electron chi connectivity index (χ4n) is 1.39. The first-order valence-corrected chi connectivity index (χ1v) is 4.93. The molecule has 0 aromatic rings. The van der Waals surface area contributed by atoms with Crippen molar-refractivity contribution in [3.63, 3.8) is 0 Å². The van der Waals surface area contributed by atoms with Gasteiger partial charge in [0.15, 0.2) is 0 Å². The van der Waals surface area contributed by atoms with Crippen LogP contribution in [0.2, 0.25) is 0 Å². The lowest BCUT2D eigenvalue weighted by Crippen LogP contribution is -2.58. The molecule has 0 radical (unpaired) electrons. The Morgan fingerprint density at radius 2 is 1.71 bits per heavy atom. The SMILES string of the molecule is C=CC(O)C(N)(CCCC)C(O)C=C. The van der Waals surface area contributed by atoms with E-state index in [1.54, 1.807) is 0 Å². The standard InChI is InChI=1S/C11H21NO2/c1-4-7-8-11(12,9(13)5-2)10(14)6-3/h5-6,9-10,13-14H,2-4,7-8,12H2,1H3. The van der Waals surface area contributed by atoms with Gasteiger partial charge in [0, 0.05) is 0 Å². The minimum absolute atomic E-state index is 0.546. The van der Waals surface area contributed by atoms with E-state index >= 15 is 0 Å². The molecule has 0 aliphatic rings. The lowest BCUT2D eigenvalue weighted by molar-refractivity contribution is 0.0300. The van der Waals surface area contributed by atoms with Gasteiger partial charge in [0.05, 0.1) is 17.7 Å². The van der Waals surface area contributed by atoms with Crippen molar-refractivity contribution in [1.29, 1.82) is 0 Å². The van der Waals surface area contributed by atoms with Crippen LogP contribution >= 0.6 is 0 Å². The van der Waals surface area contributed by atoms with Crippen LogP contribution in [0.4, 0.5) is 0 Å². The second-order valence-corrected chi connectivity index (χ2v) is 3.58. The summed E-state index contributed by atoms with van der Waals surface area (Å²) in [6.07, 6.45) is 3.23. The van der Waals surface area contributed by atoms with E-state index in [1.807, 2.05) is 6.92 Å². The van der Waals surface area contributed by atoms with E-state index in [1.165, 1.54) is 12.2 Å². The number of hydrogen-bond acceptors (Lipinski definition) is 3. The van der Waals surface area contributed by atoms with Gasteiger partial charge in [-0.2, -0.15) is 0 Å². The van der Waals surface area contributed by atoms with Crippen LogP contribution < -0.4 is 5.73 Å². The molecule has 0 amide bonds. The zero-order valence-corrected chi connectivity index (χ0v) is 8.82. The van der Waals surface area contributed by atoms with Crippen LogP contribution in [0.5, 0.6) is 0 Å². The van der Waals surface area contributed by atoms with Crippen LogP contribution in [-0.4, -0.2) is 28.0 Å². The molecular weight excluding hydrogens is 178 g/mol. The number of aliphatic hydroxyl groups is 2. The number of aliphatic hydroxyl groups excluding tert-OH is 2. The highest BCUT2D eigenvalue weighted by Crippen LogP contribution is 2.21. The Morgan fingerprint density at radius 3 is 2.00 bits per heavy atom. The average Bonchev–Trinajstić information content (AvgIpc) is 2.23. The molecule has 0 aliphatic heterocycles. The van der Waals surface area contributed by atoms with E-state index in [4.69, 9.17) is 5.73 Å². The van der Waals surface area contributed by atoms with Crippen molar-refractivity contribution in [2.24, 2.45) is 5.73 Å². The molecule has 3 nitrogen and oxygen atoms in total. The summed E-state index contributed by atoms with van der Waals surface area (Å²) in [4.78, 5) is 0. The van der Waals surface area contributed by atoms with Crippen molar-refractivity contribution in [2.45, 2.75) is 43.9 Å². The van der Waals surface area contributed by atoms with Crippen molar-refractivity contribution in [2.75, 3.05) is 0 Å². The zero-order valence-electron chi connectivity index (χ0n) is 8.82. The summed E-state index contributed by atoms with van der Waals surface area (Å²) in [5.74, 6) is 0. The molecule has 2 atom stereocenters. The largest absolute Gasteiger partial charge is 0.387 e. The molecular formula is C11H21NO2. The van der Waals surface area contributed by atoms with E-state index < -0.39 is 17.7 Å². The molecule has 0 aromatic heterocycles. The summed E-state index contributed by atoms with van der Waals surface area (Å²) in [7, 11) is 0. The highest BCUT2D eigenvalue weighted by molar-refractivity contribution is 5.09. The van der Waals surface area contributed by atoms with Gasteiger partial charge in [-0.25, -0.2) is 0 Å². The molecule has 0 saturated heterocycles. The lowest BCUT2D eigenvalue weighted by Gasteiger charge is -2.35. The van der Waals surface area contributed by atoms with Gasteiger partial charge in [-0.05, 0) is 6.42 Å². The van der Waals surface area contributed by atoms with Gasteiger partial charge < -0.3 is 15.9 Å². The Balaban J connectivity index is 4.63. The third kappa shape index (κ3) is 2.94. The summed E-state index contributed by atoms with van der Waals surface area (Å²) in [5, 5.41) is 19.3. The summed E-state index contributed by atoms with van der Waals surface area (Å²) in [6.45, 7) is 8.98. The molecule has 0 heterocycles. The highest BCUT2D eigenvalue weighted by Gasteiger charge is 2.37. The highest BCUT2D eigenvalue weighted by atomic mass is 16.3. The van der Waals surface area contributed by atoms with E-state index in [9.17, 15) is 10.2 Å². The molecule has 3 heteroatoms. The minimum atomic E-state index is -1.06. The molecule has 14 heavy (non-hydrogen) atoms. The molecule has 0 rings (SSSR count). The van der Waals surface area contributed by atoms with Crippen molar-refractivity contribution in [1.82, 2.24) is 0 Å². The molecule has 82 valence electrons. The van der Waals surface area contributed by atoms with Crippen LogP contribution in [-0.2, 0) is 0 Å². The summed E-state index contributed by atoms with van der Waals surface area (Å²) in [6, 6.07) is 0. The Bertz CT molecular complexity index is 178. The van der Waals surface area contributed by atoms with Crippen molar-refractivity contribution in [3.8, 4) is 0 Å². The molecule has 0 aliphatic carbocycles. The number of hydrogen-bond donors (Lipinski definition) is 3. The zero-order chi connectivity index (χ0) is 11.2. The maximum absolute atomic E-state index is 9.65. The number of rotatable bonds is 7. The molecule has 0 aromatic carbocycles. The molecule has 0 saturated carbocycles. The summed E-state index contributed by atoms with van der Waals surface area (Å²) < 4.78 is 0. The van der Waals surface area contributed by atoms with Gasteiger partial charge in [0.1, 0.15) is 0 Å². The normalized spacial score (nSPS) is 19.4.